The summed E-state index contributed by atoms with van der Waals surface area (Å²) >= 11 is 0. The van der Waals surface area contributed by atoms with Gasteiger partial charge in [0.2, 0.25) is 0 Å². The molecule has 9 heteroatoms. The van der Waals surface area contributed by atoms with Crippen molar-refractivity contribution >= 4 is 23.3 Å². The summed E-state index contributed by atoms with van der Waals surface area (Å²) in [7, 11) is 1.60. The number of rotatable bonds is 7. The first-order chi connectivity index (χ1) is 14.9. The summed E-state index contributed by atoms with van der Waals surface area (Å²) in [6.07, 6.45) is -0.989. The van der Waals surface area contributed by atoms with Gasteiger partial charge in [0.1, 0.15) is 0 Å². The number of nitro groups is 1. The van der Waals surface area contributed by atoms with Gasteiger partial charge in [-0.25, -0.2) is 4.79 Å². The summed E-state index contributed by atoms with van der Waals surface area (Å²) in [6.45, 7) is 4.91. The van der Waals surface area contributed by atoms with Crippen LogP contribution in [0.25, 0.3) is 0 Å². The highest BCUT2D eigenvalue weighted by Crippen LogP contribution is 2.23. The highest BCUT2D eigenvalue weighted by Gasteiger charge is 2.28. The van der Waals surface area contributed by atoms with Crippen molar-refractivity contribution in [3.05, 3.63) is 69.8 Å². The molecular weight excluding hydrogens is 400 g/mol. The van der Waals surface area contributed by atoms with Crippen LogP contribution < -0.4 is 5.32 Å². The Kier molecular flexibility index (Phi) is 7.19. The van der Waals surface area contributed by atoms with E-state index in [2.05, 4.69) is 22.3 Å². The summed E-state index contributed by atoms with van der Waals surface area (Å²) in [4.78, 5) is 39.8. The SMILES string of the molecule is CNc1ccc([N+](=O)[O-])cc1C(=O)OC(C)C(=O)N1CCN(Cc2ccccc2)CC1. The number of benzene rings is 2. The van der Waals surface area contributed by atoms with Crippen LogP contribution in [0.4, 0.5) is 11.4 Å². The van der Waals surface area contributed by atoms with E-state index in [0.29, 0.717) is 18.8 Å². The third-order valence-electron chi connectivity index (χ3n) is 5.27. The Morgan fingerprint density at radius 1 is 1.13 bits per heavy atom. The Balaban J connectivity index is 1.57. The third-order valence-corrected chi connectivity index (χ3v) is 5.27. The number of esters is 1. The van der Waals surface area contributed by atoms with Crippen LogP contribution in [0.5, 0.6) is 0 Å². The lowest BCUT2D eigenvalue weighted by atomic mass is 10.1. The maximum atomic E-state index is 12.8. The monoisotopic (exact) mass is 426 g/mol. The van der Waals surface area contributed by atoms with E-state index in [0.717, 1.165) is 25.7 Å². The number of amides is 1. The van der Waals surface area contributed by atoms with Crippen molar-refractivity contribution in [3.8, 4) is 0 Å². The second-order valence-corrected chi connectivity index (χ2v) is 7.37. The number of non-ortho nitro benzene ring substituents is 1. The number of carbonyl (C=O) groups is 2. The van der Waals surface area contributed by atoms with Crippen molar-refractivity contribution in [2.75, 3.05) is 38.5 Å². The molecular formula is C22H26N4O5. The van der Waals surface area contributed by atoms with Crippen LogP contribution in [0.15, 0.2) is 48.5 Å². The van der Waals surface area contributed by atoms with Crippen molar-refractivity contribution in [3.63, 3.8) is 0 Å². The van der Waals surface area contributed by atoms with Crippen molar-refractivity contribution in [1.29, 1.82) is 0 Å². The lowest BCUT2D eigenvalue weighted by molar-refractivity contribution is -0.384. The van der Waals surface area contributed by atoms with Crippen LogP contribution in [0.2, 0.25) is 0 Å². The summed E-state index contributed by atoms with van der Waals surface area (Å²) in [5.41, 5.74) is 1.41. The van der Waals surface area contributed by atoms with E-state index in [-0.39, 0.29) is 17.2 Å². The fourth-order valence-electron chi connectivity index (χ4n) is 3.53. The number of nitro benzene ring substituents is 1. The number of nitrogens with zero attached hydrogens (tertiary/aromatic N) is 3. The Labute approximate surface area is 180 Å². The molecule has 3 rings (SSSR count). The highest BCUT2D eigenvalue weighted by atomic mass is 16.6. The summed E-state index contributed by atoms with van der Waals surface area (Å²) in [5.74, 6) is -1.05. The van der Waals surface area contributed by atoms with E-state index in [4.69, 9.17) is 4.74 Å². The first-order valence-electron chi connectivity index (χ1n) is 10.1. The van der Waals surface area contributed by atoms with E-state index < -0.39 is 17.0 Å². The molecule has 164 valence electrons. The summed E-state index contributed by atoms with van der Waals surface area (Å²) < 4.78 is 5.34. The molecule has 1 amide bonds. The van der Waals surface area contributed by atoms with Gasteiger partial charge in [0, 0.05) is 57.6 Å². The molecule has 0 radical (unpaired) electrons. The van der Waals surface area contributed by atoms with Gasteiger partial charge in [0.25, 0.3) is 11.6 Å². The van der Waals surface area contributed by atoms with Crippen molar-refractivity contribution in [2.45, 2.75) is 19.6 Å². The predicted molar refractivity (Wildman–Crippen MR) is 116 cm³/mol. The maximum absolute atomic E-state index is 12.8. The van der Waals surface area contributed by atoms with Crippen LogP contribution in [-0.2, 0) is 16.1 Å². The molecule has 1 atom stereocenters. The number of nitrogens with one attached hydrogen (secondary N) is 1. The maximum Gasteiger partial charge on any atom is 0.341 e. The zero-order valence-electron chi connectivity index (χ0n) is 17.6. The summed E-state index contributed by atoms with van der Waals surface area (Å²) in [5, 5.41) is 13.8. The van der Waals surface area contributed by atoms with Gasteiger partial charge >= 0.3 is 5.97 Å². The number of hydrogen-bond acceptors (Lipinski definition) is 7. The smallest absolute Gasteiger partial charge is 0.341 e. The average molecular weight is 426 g/mol. The molecule has 2 aromatic carbocycles. The van der Waals surface area contributed by atoms with Gasteiger partial charge < -0.3 is 15.0 Å². The minimum Gasteiger partial charge on any atom is -0.449 e. The molecule has 1 aliphatic rings. The normalized spacial score (nSPS) is 15.2. The van der Waals surface area contributed by atoms with E-state index in [9.17, 15) is 19.7 Å². The molecule has 31 heavy (non-hydrogen) atoms. The van der Waals surface area contributed by atoms with Crippen LogP contribution in [0.3, 0.4) is 0 Å². The van der Waals surface area contributed by atoms with Gasteiger partial charge in [-0.3, -0.25) is 19.8 Å². The number of hydrogen-bond donors (Lipinski definition) is 1. The molecule has 1 unspecified atom stereocenters. The van der Waals surface area contributed by atoms with Crippen molar-refractivity contribution < 1.29 is 19.2 Å². The molecule has 1 heterocycles. The molecule has 1 N–H and O–H groups in total. The van der Waals surface area contributed by atoms with Crippen LogP contribution in [-0.4, -0.2) is 65.9 Å². The second-order valence-electron chi connectivity index (χ2n) is 7.37. The molecule has 2 aromatic rings. The first-order valence-corrected chi connectivity index (χ1v) is 10.1. The average Bonchev–Trinajstić information content (AvgIpc) is 2.79. The van der Waals surface area contributed by atoms with Gasteiger partial charge in [0.15, 0.2) is 6.10 Å². The molecule has 9 nitrogen and oxygen atoms in total. The minimum absolute atomic E-state index is 0.0176. The number of carbonyl (C=O) groups excluding carboxylic acids is 2. The molecule has 0 saturated carbocycles. The Morgan fingerprint density at radius 3 is 2.42 bits per heavy atom. The fraction of sp³-hybridized carbons (Fsp3) is 0.364. The predicted octanol–water partition coefficient (Wildman–Crippen LogP) is 2.53. The van der Waals surface area contributed by atoms with E-state index in [1.165, 1.54) is 24.6 Å². The zero-order valence-corrected chi connectivity index (χ0v) is 17.6. The third kappa shape index (κ3) is 5.58. The molecule has 0 spiro atoms. The molecule has 1 fully saturated rings. The lowest BCUT2D eigenvalue weighted by Crippen LogP contribution is -2.51. The minimum atomic E-state index is -0.989. The Hall–Kier alpha value is -3.46. The van der Waals surface area contributed by atoms with Gasteiger partial charge in [-0.15, -0.1) is 0 Å². The van der Waals surface area contributed by atoms with Crippen molar-refractivity contribution in [1.82, 2.24) is 9.80 Å². The molecule has 0 aliphatic carbocycles. The molecule has 1 aliphatic heterocycles. The van der Waals surface area contributed by atoms with Crippen LogP contribution in [0, 0.1) is 10.1 Å². The van der Waals surface area contributed by atoms with E-state index in [1.807, 2.05) is 18.2 Å². The van der Waals surface area contributed by atoms with Gasteiger partial charge in [-0.2, -0.15) is 0 Å². The molecule has 0 aromatic heterocycles. The largest absolute Gasteiger partial charge is 0.449 e. The molecule has 1 saturated heterocycles. The van der Waals surface area contributed by atoms with Gasteiger partial charge in [-0.05, 0) is 18.6 Å². The number of anilines is 1. The Bertz CT molecular complexity index is 942. The topological polar surface area (TPSA) is 105 Å². The lowest BCUT2D eigenvalue weighted by Gasteiger charge is -2.35. The summed E-state index contributed by atoms with van der Waals surface area (Å²) in [6, 6.07) is 14.0. The standard InChI is InChI=1S/C22H26N4O5/c1-16(31-22(28)19-14-18(26(29)30)8-9-20(19)23-2)21(27)25-12-10-24(11-13-25)15-17-6-4-3-5-7-17/h3-9,14,16,23H,10-13,15H2,1-2H3. The number of ether oxygens (including phenoxy) is 1. The quantitative estimate of drug-likeness (QED) is 0.412. The fourth-order valence-corrected chi connectivity index (χ4v) is 3.53. The second kappa shape index (κ2) is 10.0. The van der Waals surface area contributed by atoms with Crippen LogP contribution in [0.1, 0.15) is 22.8 Å². The highest BCUT2D eigenvalue weighted by molar-refractivity contribution is 5.98. The number of piperazine rings is 1. The first kappa shape index (κ1) is 22.2. The molecule has 0 bridgehead atoms. The van der Waals surface area contributed by atoms with Gasteiger partial charge in [-0.1, -0.05) is 30.3 Å². The van der Waals surface area contributed by atoms with E-state index >= 15 is 0 Å². The zero-order chi connectivity index (χ0) is 22.4. The van der Waals surface area contributed by atoms with E-state index in [1.54, 1.807) is 11.9 Å². The Morgan fingerprint density at radius 2 is 1.81 bits per heavy atom. The van der Waals surface area contributed by atoms with Crippen molar-refractivity contribution in [2.24, 2.45) is 0 Å². The van der Waals surface area contributed by atoms with Crippen LogP contribution >= 0.6 is 0 Å². The van der Waals surface area contributed by atoms with Gasteiger partial charge in [0.05, 0.1) is 10.5 Å².